The van der Waals surface area contributed by atoms with Crippen LogP contribution < -0.4 is 9.47 Å². The number of hydrogen-bond donors (Lipinski definition) is 1. The number of pyridine rings is 1. The summed E-state index contributed by atoms with van der Waals surface area (Å²) in [6, 6.07) is 39.3. The molecule has 0 spiro atoms. The standard InChI is InChI=1S/C56H35F6N3O7S/c1-33-7-3-12-50(48(33)30-63)69-41-21-17-39(18-22-41)54(55(57,58)59,56(60,61)62)40-19-23-42(24-20-40)70-51-13-5-11-44(49(51)31-64)36-16-25-45(47(29-36)53(67)38-9-6-26-65-32-38)35-15-14-34(2)46(28-35)52(66)37-8-4-10-43(27-37)73-72-71-68/h3-29,32,68H,1-2H3. The first-order valence-corrected chi connectivity index (χ1v) is 22.5. The Kier molecular flexibility index (Phi) is 14.6. The largest absolute Gasteiger partial charge is 0.456 e. The van der Waals surface area contributed by atoms with Crippen LogP contribution >= 0.6 is 12.0 Å². The van der Waals surface area contributed by atoms with E-state index in [0.717, 1.165) is 24.3 Å². The minimum Gasteiger partial charge on any atom is -0.456 e. The maximum atomic E-state index is 15.1. The zero-order chi connectivity index (χ0) is 52.1. The topological polar surface area (TPSA) is 152 Å². The second-order valence-corrected chi connectivity index (χ2v) is 17.1. The molecule has 1 N–H and O–H groups in total. The molecule has 0 unspecified atom stereocenters. The molecule has 0 saturated heterocycles. The van der Waals surface area contributed by atoms with Crippen molar-refractivity contribution in [2.75, 3.05) is 0 Å². The molecule has 0 atom stereocenters. The van der Waals surface area contributed by atoms with E-state index in [1.807, 2.05) is 6.07 Å². The fourth-order valence-electron chi connectivity index (χ4n) is 8.36. The Hall–Kier alpha value is -8.58. The number of aromatic nitrogens is 1. The molecule has 7 aromatic carbocycles. The summed E-state index contributed by atoms with van der Waals surface area (Å²) in [6.07, 6.45) is -8.93. The maximum Gasteiger partial charge on any atom is 0.411 e. The van der Waals surface area contributed by atoms with Crippen molar-refractivity contribution in [2.45, 2.75) is 36.5 Å². The number of nitriles is 2. The highest BCUT2D eigenvalue weighted by atomic mass is 32.2. The van der Waals surface area contributed by atoms with Crippen molar-refractivity contribution in [3.05, 3.63) is 226 Å². The van der Waals surface area contributed by atoms with Crippen LogP contribution in [0.25, 0.3) is 22.3 Å². The van der Waals surface area contributed by atoms with Crippen LogP contribution in [0.15, 0.2) is 175 Å². The highest BCUT2D eigenvalue weighted by Gasteiger charge is 2.72. The molecule has 0 amide bonds. The highest BCUT2D eigenvalue weighted by Crippen LogP contribution is 2.56. The van der Waals surface area contributed by atoms with Gasteiger partial charge in [0.2, 0.25) is 5.41 Å². The number of ketones is 2. The summed E-state index contributed by atoms with van der Waals surface area (Å²) in [5, 5.41) is 32.4. The van der Waals surface area contributed by atoms with Gasteiger partial charge in [-0.25, -0.2) is 5.26 Å². The third-order valence-corrected chi connectivity index (χ3v) is 12.5. The van der Waals surface area contributed by atoms with Crippen molar-refractivity contribution in [1.29, 1.82) is 10.5 Å². The molecule has 1 aromatic heterocycles. The van der Waals surface area contributed by atoms with Gasteiger partial charge in [0.15, 0.2) is 11.6 Å². The molecule has 0 fully saturated rings. The molecule has 0 saturated carbocycles. The Morgan fingerprint density at radius 1 is 0.575 bits per heavy atom. The number of aryl methyl sites for hydroxylation is 2. The van der Waals surface area contributed by atoms with Crippen molar-refractivity contribution < 1.29 is 60.0 Å². The van der Waals surface area contributed by atoms with Crippen molar-refractivity contribution in [3.63, 3.8) is 0 Å². The molecular weight excluding hydrogens is 973 g/mol. The van der Waals surface area contributed by atoms with E-state index in [1.165, 1.54) is 30.6 Å². The second kappa shape index (κ2) is 21.0. The highest BCUT2D eigenvalue weighted by molar-refractivity contribution is 7.94. The predicted octanol–water partition coefficient (Wildman–Crippen LogP) is 14.7. The first-order valence-electron chi connectivity index (χ1n) is 21.7. The summed E-state index contributed by atoms with van der Waals surface area (Å²) >= 11 is 0.689. The molecule has 0 radical (unpaired) electrons. The van der Waals surface area contributed by atoms with Crippen molar-refractivity contribution in [1.82, 2.24) is 4.98 Å². The van der Waals surface area contributed by atoms with Gasteiger partial charge in [0.25, 0.3) is 0 Å². The van der Waals surface area contributed by atoms with E-state index in [-0.39, 0.29) is 56.6 Å². The van der Waals surface area contributed by atoms with Crippen LogP contribution in [-0.2, 0) is 14.8 Å². The SMILES string of the molecule is Cc1ccc(-c2ccc(-c3cccc(Oc4ccc(C(c5ccc(Oc6cccc(C)c6C#N)cc5)(C(F)(F)F)C(F)(F)F)cc4)c3C#N)cc2C(=O)c2cccnc2)cc1C(=O)c1cccc(SOOO)c1. The summed E-state index contributed by atoms with van der Waals surface area (Å²) in [7, 11) is 0. The maximum absolute atomic E-state index is 15.1. The lowest BCUT2D eigenvalue weighted by atomic mass is 9.73. The smallest absolute Gasteiger partial charge is 0.411 e. The van der Waals surface area contributed by atoms with Gasteiger partial charge in [0, 0.05) is 45.1 Å². The average Bonchev–Trinajstić information content (AvgIpc) is 3.38. The second-order valence-electron chi connectivity index (χ2n) is 16.3. The third-order valence-electron chi connectivity index (χ3n) is 11.9. The van der Waals surface area contributed by atoms with Crippen LogP contribution in [0.1, 0.15) is 65.2 Å². The summed E-state index contributed by atoms with van der Waals surface area (Å²) in [5.41, 5.74) is -3.01. The van der Waals surface area contributed by atoms with Gasteiger partial charge in [0.1, 0.15) is 40.7 Å². The molecule has 0 bridgehead atoms. The van der Waals surface area contributed by atoms with E-state index < -0.39 is 34.7 Å². The fraction of sp³-hybridized carbons (Fsp3) is 0.0893. The molecule has 17 heteroatoms. The van der Waals surface area contributed by atoms with E-state index in [2.05, 4.69) is 20.4 Å². The minimum atomic E-state index is -5.91. The number of halogens is 6. The van der Waals surface area contributed by atoms with E-state index in [0.29, 0.717) is 80.1 Å². The number of nitrogens with zero attached hydrogens (tertiary/aromatic N) is 3. The summed E-state index contributed by atoms with van der Waals surface area (Å²) in [6.45, 7) is 3.40. The number of ether oxygens (including phenoxy) is 2. The first kappa shape index (κ1) is 50.8. The molecule has 8 aromatic rings. The van der Waals surface area contributed by atoms with Crippen molar-refractivity contribution >= 4 is 23.6 Å². The van der Waals surface area contributed by atoms with Gasteiger partial charge in [-0.3, -0.25) is 14.6 Å². The zero-order valence-electron chi connectivity index (χ0n) is 38.1. The summed E-state index contributed by atoms with van der Waals surface area (Å²) in [5.74, 6) is -1.13. The number of benzene rings is 7. The van der Waals surface area contributed by atoms with Gasteiger partial charge in [-0.05, 0) is 126 Å². The van der Waals surface area contributed by atoms with Crippen LogP contribution in [0.3, 0.4) is 0 Å². The molecule has 10 nitrogen and oxygen atoms in total. The Bertz CT molecular complexity index is 3450. The normalized spacial score (nSPS) is 11.6. The monoisotopic (exact) mass is 1010 g/mol. The van der Waals surface area contributed by atoms with Gasteiger partial charge >= 0.3 is 12.4 Å². The average molecular weight is 1010 g/mol. The Balaban J connectivity index is 1.13. The molecule has 1 heterocycles. The lowest BCUT2D eigenvalue weighted by Crippen LogP contribution is -2.54. The van der Waals surface area contributed by atoms with Crippen LogP contribution in [0.2, 0.25) is 0 Å². The van der Waals surface area contributed by atoms with Gasteiger partial charge in [-0.1, -0.05) is 90.0 Å². The Morgan fingerprint density at radius 2 is 1.12 bits per heavy atom. The van der Waals surface area contributed by atoms with Gasteiger partial charge < -0.3 is 9.47 Å². The van der Waals surface area contributed by atoms with Crippen LogP contribution in [0.5, 0.6) is 23.0 Å². The lowest BCUT2D eigenvalue weighted by molar-refractivity contribution is -0.432. The molecule has 0 aliphatic heterocycles. The van der Waals surface area contributed by atoms with Gasteiger partial charge in [-0.15, -0.1) is 4.33 Å². The number of carbonyl (C=O) groups is 2. The van der Waals surface area contributed by atoms with Gasteiger partial charge in [0.05, 0.1) is 17.6 Å². The quantitative estimate of drug-likeness (QED) is 0.0343. The Morgan fingerprint density at radius 3 is 1.71 bits per heavy atom. The van der Waals surface area contributed by atoms with Crippen molar-refractivity contribution in [2.24, 2.45) is 0 Å². The summed E-state index contributed by atoms with van der Waals surface area (Å²) in [4.78, 5) is 32.8. The number of hydrogen-bond acceptors (Lipinski definition) is 11. The van der Waals surface area contributed by atoms with Crippen LogP contribution in [0, 0.1) is 36.5 Å². The molecule has 0 aliphatic carbocycles. The number of alkyl halides is 6. The number of rotatable bonds is 15. The summed E-state index contributed by atoms with van der Waals surface area (Å²) < 4.78 is 107. The van der Waals surface area contributed by atoms with E-state index in [4.69, 9.17) is 14.7 Å². The van der Waals surface area contributed by atoms with E-state index in [9.17, 15) is 20.1 Å². The van der Waals surface area contributed by atoms with E-state index in [1.54, 1.807) is 105 Å². The fourth-order valence-corrected chi connectivity index (χ4v) is 8.78. The van der Waals surface area contributed by atoms with Crippen LogP contribution in [-0.4, -0.2) is 34.2 Å². The minimum absolute atomic E-state index is 0.0683. The molecule has 8 rings (SSSR count). The van der Waals surface area contributed by atoms with Gasteiger partial charge in [-0.2, -0.15) is 36.9 Å². The zero-order valence-corrected chi connectivity index (χ0v) is 38.9. The molecule has 73 heavy (non-hydrogen) atoms. The third kappa shape index (κ3) is 10.2. The molecule has 0 aliphatic rings. The van der Waals surface area contributed by atoms with E-state index >= 15 is 26.3 Å². The lowest BCUT2D eigenvalue weighted by Gasteiger charge is -2.38. The molecular formula is C56H35F6N3O7S. The van der Waals surface area contributed by atoms with Crippen molar-refractivity contribution in [3.8, 4) is 57.4 Å². The Labute approximate surface area is 417 Å². The number of carbonyl (C=O) groups excluding carboxylic acids is 2. The first-order chi connectivity index (χ1) is 35.0. The predicted molar refractivity (Wildman–Crippen MR) is 257 cm³/mol. The molecule has 364 valence electrons. The van der Waals surface area contributed by atoms with Crippen LogP contribution in [0.4, 0.5) is 26.3 Å².